The summed E-state index contributed by atoms with van der Waals surface area (Å²) < 4.78 is 0. The van der Waals surface area contributed by atoms with E-state index in [0.717, 1.165) is 0 Å². The molecular formula is C12H8ClN3O3. The molecule has 96 valence electrons. The van der Waals surface area contributed by atoms with E-state index in [4.69, 9.17) is 16.7 Å². The minimum absolute atomic E-state index is 0.0506. The topological polar surface area (TPSA) is 92.2 Å². The predicted molar refractivity (Wildman–Crippen MR) is 68.4 cm³/mol. The van der Waals surface area contributed by atoms with Gasteiger partial charge >= 0.3 is 5.97 Å². The van der Waals surface area contributed by atoms with Crippen molar-refractivity contribution in [3.63, 3.8) is 0 Å². The van der Waals surface area contributed by atoms with E-state index in [1.165, 1.54) is 30.6 Å². The van der Waals surface area contributed by atoms with Crippen molar-refractivity contribution in [2.45, 2.75) is 0 Å². The summed E-state index contributed by atoms with van der Waals surface area (Å²) in [7, 11) is 0. The molecule has 1 amide bonds. The smallest absolute Gasteiger partial charge is 0.337 e. The number of carbonyl (C=O) groups excluding carboxylic acids is 1. The lowest BCUT2D eigenvalue weighted by Gasteiger charge is -2.07. The summed E-state index contributed by atoms with van der Waals surface area (Å²) in [5, 5.41) is 11.6. The average Bonchev–Trinajstić information content (AvgIpc) is 2.39. The summed E-state index contributed by atoms with van der Waals surface area (Å²) in [6.07, 6.45) is 2.59. The molecule has 0 aliphatic carbocycles. The van der Waals surface area contributed by atoms with Crippen LogP contribution >= 0.6 is 11.6 Å². The van der Waals surface area contributed by atoms with Crippen LogP contribution in [0.1, 0.15) is 20.8 Å². The zero-order chi connectivity index (χ0) is 13.8. The number of rotatable bonds is 3. The molecule has 2 rings (SSSR count). The Hall–Kier alpha value is -2.47. The van der Waals surface area contributed by atoms with Gasteiger partial charge in [0.25, 0.3) is 5.91 Å². The Bertz CT molecular complexity index is 646. The Kier molecular flexibility index (Phi) is 3.72. The predicted octanol–water partition coefficient (Wildman–Crippen LogP) is 2.08. The highest BCUT2D eigenvalue weighted by atomic mass is 35.5. The number of nitrogens with one attached hydrogen (secondary N) is 1. The summed E-state index contributed by atoms with van der Waals surface area (Å²) in [4.78, 5) is 30.5. The molecule has 0 radical (unpaired) electrons. The number of nitrogens with zero attached hydrogens (tertiary/aromatic N) is 2. The largest absolute Gasteiger partial charge is 0.478 e. The molecule has 0 saturated carbocycles. The Morgan fingerprint density at radius 2 is 2.05 bits per heavy atom. The van der Waals surface area contributed by atoms with E-state index in [2.05, 4.69) is 15.3 Å². The lowest BCUT2D eigenvalue weighted by atomic mass is 10.2. The molecule has 0 bridgehead atoms. The summed E-state index contributed by atoms with van der Waals surface area (Å²) in [6.45, 7) is 0. The maximum Gasteiger partial charge on any atom is 0.337 e. The summed E-state index contributed by atoms with van der Waals surface area (Å²) in [5.74, 6) is -1.71. The first-order valence-electron chi connectivity index (χ1n) is 5.19. The van der Waals surface area contributed by atoms with Crippen LogP contribution < -0.4 is 5.32 Å². The van der Waals surface area contributed by atoms with Gasteiger partial charge in [-0.15, -0.1) is 0 Å². The number of pyridine rings is 2. The van der Waals surface area contributed by atoms with Crippen LogP contribution in [0.25, 0.3) is 0 Å². The number of carboxylic acid groups (broad SMARTS) is 1. The van der Waals surface area contributed by atoms with Crippen LogP contribution in [0.4, 0.5) is 5.69 Å². The van der Waals surface area contributed by atoms with Crippen LogP contribution in [0.5, 0.6) is 0 Å². The van der Waals surface area contributed by atoms with Crippen molar-refractivity contribution >= 4 is 29.2 Å². The highest BCUT2D eigenvalue weighted by molar-refractivity contribution is 6.29. The molecule has 0 spiro atoms. The molecule has 2 heterocycles. The third-order valence-corrected chi connectivity index (χ3v) is 2.46. The average molecular weight is 278 g/mol. The van der Waals surface area contributed by atoms with Crippen LogP contribution in [0.3, 0.4) is 0 Å². The van der Waals surface area contributed by atoms with Crippen LogP contribution in [-0.4, -0.2) is 27.0 Å². The van der Waals surface area contributed by atoms with E-state index >= 15 is 0 Å². The minimum atomic E-state index is -1.16. The third kappa shape index (κ3) is 3.05. The highest BCUT2D eigenvalue weighted by Crippen LogP contribution is 2.14. The fraction of sp³-hybridized carbons (Fsp3) is 0. The lowest BCUT2D eigenvalue weighted by molar-refractivity contribution is 0.0698. The molecule has 0 unspecified atom stereocenters. The minimum Gasteiger partial charge on any atom is -0.478 e. The van der Waals surface area contributed by atoms with Crippen LogP contribution in [0, 0.1) is 0 Å². The number of carbonyl (C=O) groups is 2. The van der Waals surface area contributed by atoms with Crippen LogP contribution in [0.15, 0.2) is 36.7 Å². The Labute approximate surface area is 113 Å². The monoisotopic (exact) mass is 277 g/mol. The number of aromatic carboxylic acids is 1. The lowest BCUT2D eigenvalue weighted by Crippen LogP contribution is -2.16. The Balaban J connectivity index is 2.27. The molecular weight excluding hydrogens is 270 g/mol. The first kappa shape index (κ1) is 13.0. The van der Waals surface area contributed by atoms with Crippen molar-refractivity contribution in [3.8, 4) is 0 Å². The van der Waals surface area contributed by atoms with Gasteiger partial charge < -0.3 is 10.4 Å². The standard InChI is InChI=1S/C12H8ClN3O3/c13-10-3-1-2-8(15-10)11(17)16-9-6-14-5-4-7(9)12(18)19/h1-6H,(H,16,17)(H,18,19). The van der Waals surface area contributed by atoms with Crippen molar-refractivity contribution in [2.75, 3.05) is 5.32 Å². The van der Waals surface area contributed by atoms with Gasteiger partial charge in [-0.2, -0.15) is 0 Å². The van der Waals surface area contributed by atoms with Crippen molar-refractivity contribution in [1.82, 2.24) is 9.97 Å². The second-order valence-electron chi connectivity index (χ2n) is 3.53. The van der Waals surface area contributed by atoms with Gasteiger partial charge in [0.05, 0.1) is 17.4 Å². The molecule has 0 saturated heterocycles. The summed E-state index contributed by atoms with van der Waals surface area (Å²) in [6, 6.07) is 5.87. The van der Waals surface area contributed by atoms with E-state index < -0.39 is 11.9 Å². The summed E-state index contributed by atoms with van der Waals surface area (Å²) >= 11 is 5.68. The van der Waals surface area contributed by atoms with E-state index in [0.29, 0.717) is 0 Å². The molecule has 7 heteroatoms. The quantitative estimate of drug-likeness (QED) is 0.838. The molecule has 19 heavy (non-hydrogen) atoms. The van der Waals surface area contributed by atoms with Gasteiger partial charge in [0.1, 0.15) is 10.8 Å². The fourth-order valence-corrected chi connectivity index (χ4v) is 1.57. The summed E-state index contributed by atoms with van der Waals surface area (Å²) in [5.41, 5.74) is 0.139. The van der Waals surface area contributed by atoms with Gasteiger partial charge in [-0.1, -0.05) is 17.7 Å². The first-order chi connectivity index (χ1) is 9.08. The van der Waals surface area contributed by atoms with Crippen molar-refractivity contribution < 1.29 is 14.7 Å². The van der Waals surface area contributed by atoms with Crippen molar-refractivity contribution in [1.29, 1.82) is 0 Å². The van der Waals surface area contributed by atoms with E-state index in [-0.39, 0.29) is 22.1 Å². The van der Waals surface area contributed by atoms with Crippen molar-refractivity contribution in [3.05, 3.63) is 53.1 Å². The zero-order valence-electron chi connectivity index (χ0n) is 9.50. The zero-order valence-corrected chi connectivity index (χ0v) is 10.3. The second kappa shape index (κ2) is 5.45. The second-order valence-corrected chi connectivity index (χ2v) is 3.91. The van der Waals surface area contributed by atoms with E-state index in [1.54, 1.807) is 6.07 Å². The molecule has 6 nitrogen and oxygen atoms in total. The van der Waals surface area contributed by atoms with Crippen LogP contribution in [-0.2, 0) is 0 Å². The number of hydrogen-bond acceptors (Lipinski definition) is 4. The van der Waals surface area contributed by atoms with Crippen LogP contribution in [0.2, 0.25) is 5.15 Å². The van der Waals surface area contributed by atoms with Gasteiger partial charge in [-0.25, -0.2) is 9.78 Å². The molecule has 0 fully saturated rings. The van der Waals surface area contributed by atoms with Crippen molar-refractivity contribution in [2.24, 2.45) is 0 Å². The molecule has 2 N–H and O–H groups in total. The maximum atomic E-state index is 11.9. The first-order valence-corrected chi connectivity index (χ1v) is 5.57. The molecule has 0 atom stereocenters. The van der Waals surface area contributed by atoms with E-state index in [1.807, 2.05) is 0 Å². The molecule has 0 aromatic carbocycles. The molecule has 0 aliphatic heterocycles. The molecule has 2 aromatic rings. The van der Waals surface area contributed by atoms with Gasteiger partial charge in [0.15, 0.2) is 0 Å². The SMILES string of the molecule is O=C(Nc1cnccc1C(=O)O)c1cccc(Cl)n1. The van der Waals surface area contributed by atoms with Gasteiger partial charge in [-0.3, -0.25) is 9.78 Å². The number of aromatic nitrogens is 2. The number of anilines is 1. The number of halogens is 1. The Morgan fingerprint density at radius 1 is 1.26 bits per heavy atom. The Morgan fingerprint density at radius 3 is 2.74 bits per heavy atom. The van der Waals surface area contributed by atoms with Gasteiger partial charge in [0.2, 0.25) is 0 Å². The fourth-order valence-electron chi connectivity index (χ4n) is 1.40. The van der Waals surface area contributed by atoms with E-state index in [9.17, 15) is 9.59 Å². The van der Waals surface area contributed by atoms with Gasteiger partial charge in [0, 0.05) is 6.20 Å². The maximum absolute atomic E-state index is 11.9. The van der Waals surface area contributed by atoms with Gasteiger partial charge in [-0.05, 0) is 18.2 Å². The molecule has 2 aromatic heterocycles. The third-order valence-electron chi connectivity index (χ3n) is 2.25. The number of carboxylic acids is 1. The normalized spacial score (nSPS) is 9.95. The highest BCUT2D eigenvalue weighted by Gasteiger charge is 2.14. The number of hydrogen-bond donors (Lipinski definition) is 2. The molecule has 0 aliphatic rings. The number of amides is 1.